The molecule has 1 heterocycles. The lowest BCUT2D eigenvalue weighted by Gasteiger charge is -2.05. The van der Waals surface area contributed by atoms with Crippen LogP contribution < -0.4 is 10.6 Å². The molecule has 0 aliphatic heterocycles. The van der Waals surface area contributed by atoms with Gasteiger partial charge in [-0.25, -0.2) is 4.98 Å². The fourth-order valence-corrected chi connectivity index (χ4v) is 2.10. The third-order valence-corrected chi connectivity index (χ3v) is 3.18. The van der Waals surface area contributed by atoms with E-state index in [0.717, 1.165) is 30.1 Å². The average Bonchev–Trinajstić information content (AvgIpc) is 2.76. The average molecular weight is 271 g/mol. The molecule has 5 nitrogen and oxygen atoms in total. The van der Waals surface area contributed by atoms with Gasteiger partial charge in [0, 0.05) is 38.6 Å². The van der Waals surface area contributed by atoms with Crippen LogP contribution in [0.15, 0.2) is 5.38 Å². The first-order valence-corrected chi connectivity index (χ1v) is 6.97. The van der Waals surface area contributed by atoms with Gasteiger partial charge in [0.2, 0.25) is 5.91 Å². The van der Waals surface area contributed by atoms with Crippen molar-refractivity contribution in [1.29, 1.82) is 0 Å². The summed E-state index contributed by atoms with van der Waals surface area (Å²) >= 11 is 1.65. The molecule has 0 spiro atoms. The highest BCUT2D eigenvalue weighted by atomic mass is 32.1. The molecule has 18 heavy (non-hydrogen) atoms. The highest BCUT2D eigenvalue weighted by molar-refractivity contribution is 7.09. The van der Waals surface area contributed by atoms with Gasteiger partial charge in [-0.3, -0.25) is 4.79 Å². The number of carbonyl (C=O) groups is 1. The molecule has 2 N–H and O–H groups in total. The predicted molar refractivity (Wildman–Crippen MR) is 72.9 cm³/mol. The van der Waals surface area contributed by atoms with E-state index in [1.807, 2.05) is 6.92 Å². The zero-order valence-corrected chi connectivity index (χ0v) is 11.8. The Hall–Kier alpha value is -0.980. The molecular formula is C12H21N3O2S. The van der Waals surface area contributed by atoms with Crippen LogP contribution in [0.3, 0.4) is 0 Å². The third kappa shape index (κ3) is 6.68. The maximum absolute atomic E-state index is 11.4. The Kier molecular flexibility index (Phi) is 7.55. The van der Waals surface area contributed by atoms with Gasteiger partial charge in [0.05, 0.1) is 17.2 Å². The highest BCUT2D eigenvalue weighted by Crippen LogP contribution is 2.07. The Morgan fingerprint density at radius 1 is 1.50 bits per heavy atom. The Morgan fingerprint density at radius 2 is 2.33 bits per heavy atom. The van der Waals surface area contributed by atoms with Gasteiger partial charge in [-0.05, 0) is 13.3 Å². The van der Waals surface area contributed by atoms with Crippen molar-refractivity contribution in [1.82, 2.24) is 15.6 Å². The number of aromatic nitrogens is 1. The molecule has 1 amide bonds. The summed E-state index contributed by atoms with van der Waals surface area (Å²) in [5.74, 6) is 0.0283. The summed E-state index contributed by atoms with van der Waals surface area (Å²) in [5.41, 5.74) is 1.09. The van der Waals surface area contributed by atoms with Gasteiger partial charge < -0.3 is 15.4 Å². The molecule has 0 aromatic carbocycles. The molecule has 0 aliphatic rings. The number of carbonyl (C=O) groups excluding carboxylic acids is 1. The molecule has 6 heteroatoms. The lowest BCUT2D eigenvalue weighted by atomic mass is 10.3. The minimum Gasteiger partial charge on any atom is -0.385 e. The van der Waals surface area contributed by atoms with E-state index < -0.39 is 0 Å². The van der Waals surface area contributed by atoms with E-state index >= 15 is 0 Å². The van der Waals surface area contributed by atoms with Crippen LogP contribution in [0.25, 0.3) is 0 Å². The summed E-state index contributed by atoms with van der Waals surface area (Å²) in [7, 11) is 1.66. The molecule has 1 rings (SSSR count). The SMILES string of the molecule is COCCCNC(=O)CNCCc1csc(C)n1. The quantitative estimate of drug-likeness (QED) is 0.650. The second-order valence-electron chi connectivity index (χ2n) is 3.98. The summed E-state index contributed by atoms with van der Waals surface area (Å²) in [6.45, 7) is 4.47. The highest BCUT2D eigenvalue weighted by Gasteiger charge is 2.01. The number of thiazole rings is 1. The number of nitrogens with one attached hydrogen (secondary N) is 2. The molecule has 0 saturated carbocycles. The molecule has 1 aromatic rings. The summed E-state index contributed by atoms with van der Waals surface area (Å²) in [6, 6.07) is 0. The molecule has 0 fully saturated rings. The van der Waals surface area contributed by atoms with Gasteiger partial charge in [-0.2, -0.15) is 0 Å². The number of methoxy groups -OCH3 is 1. The van der Waals surface area contributed by atoms with E-state index in [-0.39, 0.29) is 5.91 Å². The van der Waals surface area contributed by atoms with Crippen molar-refractivity contribution in [2.24, 2.45) is 0 Å². The summed E-state index contributed by atoms with van der Waals surface area (Å²) in [5, 5.41) is 9.07. The number of rotatable bonds is 9. The zero-order chi connectivity index (χ0) is 13.2. The predicted octanol–water partition coefficient (Wildman–Crippen LogP) is 0.736. The number of nitrogens with zero attached hydrogens (tertiary/aromatic N) is 1. The van der Waals surface area contributed by atoms with Crippen molar-refractivity contribution in [2.75, 3.05) is 33.4 Å². The van der Waals surface area contributed by atoms with Crippen LogP contribution in [-0.2, 0) is 16.0 Å². The zero-order valence-electron chi connectivity index (χ0n) is 11.0. The Morgan fingerprint density at radius 3 is 3.00 bits per heavy atom. The Bertz CT molecular complexity index is 355. The Balaban J connectivity index is 1.98. The van der Waals surface area contributed by atoms with E-state index in [9.17, 15) is 4.79 Å². The molecule has 0 unspecified atom stereocenters. The summed E-state index contributed by atoms with van der Waals surface area (Å²) in [4.78, 5) is 15.8. The van der Waals surface area contributed by atoms with Crippen molar-refractivity contribution in [3.05, 3.63) is 16.1 Å². The smallest absolute Gasteiger partial charge is 0.233 e. The second kappa shape index (κ2) is 9.02. The topological polar surface area (TPSA) is 63.2 Å². The van der Waals surface area contributed by atoms with Crippen LogP contribution in [0.1, 0.15) is 17.1 Å². The lowest BCUT2D eigenvalue weighted by Crippen LogP contribution is -2.35. The fourth-order valence-electron chi connectivity index (χ4n) is 1.45. The van der Waals surface area contributed by atoms with Crippen LogP contribution in [0.5, 0.6) is 0 Å². The first-order valence-electron chi connectivity index (χ1n) is 6.09. The minimum absolute atomic E-state index is 0.0283. The van der Waals surface area contributed by atoms with Crippen molar-refractivity contribution in [3.8, 4) is 0 Å². The monoisotopic (exact) mass is 271 g/mol. The van der Waals surface area contributed by atoms with Crippen LogP contribution in [0, 0.1) is 6.92 Å². The number of amides is 1. The summed E-state index contributed by atoms with van der Waals surface area (Å²) in [6.07, 6.45) is 1.71. The van der Waals surface area contributed by atoms with Gasteiger partial charge in [0.25, 0.3) is 0 Å². The van der Waals surface area contributed by atoms with Crippen LogP contribution in [0.4, 0.5) is 0 Å². The molecule has 0 radical (unpaired) electrons. The molecule has 0 saturated heterocycles. The largest absolute Gasteiger partial charge is 0.385 e. The molecule has 1 aromatic heterocycles. The number of hydrogen-bond acceptors (Lipinski definition) is 5. The fraction of sp³-hybridized carbons (Fsp3) is 0.667. The van der Waals surface area contributed by atoms with E-state index in [0.29, 0.717) is 19.7 Å². The molecular weight excluding hydrogens is 250 g/mol. The van der Waals surface area contributed by atoms with Gasteiger partial charge >= 0.3 is 0 Å². The Labute approximate surface area is 112 Å². The van der Waals surface area contributed by atoms with Gasteiger partial charge in [-0.15, -0.1) is 11.3 Å². The van der Waals surface area contributed by atoms with E-state index in [4.69, 9.17) is 4.74 Å². The van der Waals surface area contributed by atoms with Crippen LogP contribution in [-0.4, -0.2) is 44.2 Å². The normalized spacial score (nSPS) is 10.6. The van der Waals surface area contributed by atoms with Crippen LogP contribution in [0.2, 0.25) is 0 Å². The first kappa shape index (κ1) is 15.1. The van der Waals surface area contributed by atoms with E-state index in [1.165, 1.54) is 0 Å². The van der Waals surface area contributed by atoms with Gasteiger partial charge in [-0.1, -0.05) is 0 Å². The second-order valence-corrected chi connectivity index (χ2v) is 5.04. The maximum atomic E-state index is 11.4. The van der Waals surface area contributed by atoms with Crippen LogP contribution >= 0.6 is 11.3 Å². The molecule has 0 atom stereocenters. The number of ether oxygens (including phenoxy) is 1. The van der Waals surface area contributed by atoms with E-state index in [1.54, 1.807) is 18.4 Å². The van der Waals surface area contributed by atoms with Crippen molar-refractivity contribution >= 4 is 17.2 Å². The van der Waals surface area contributed by atoms with Crippen molar-refractivity contribution in [3.63, 3.8) is 0 Å². The van der Waals surface area contributed by atoms with E-state index in [2.05, 4.69) is 21.0 Å². The third-order valence-electron chi connectivity index (χ3n) is 2.36. The number of aryl methyl sites for hydroxylation is 1. The molecule has 0 bridgehead atoms. The van der Waals surface area contributed by atoms with Crippen molar-refractivity contribution in [2.45, 2.75) is 19.8 Å². The van der Waals surface area contributed by atoms with Crippen molar-refractivity contribution < 1.29 is 9.53 Å². The molecule has 102 valence electrons. The lowest BCUT2D eigenvalue weighted by molar-refractivity contribution is -0.120. The summed E-state index contributed by atoms with van der Waals surface area (Å²) < 4.78 is 4.90. The maximum Gasteiger partial charge on any atom is 0.233 e. The van der Waals surface area contributed by atoms with Gasteiger partial charge in [0.15, 0.2) is 0 Å². The van der Waals surface area contributed by atoms with Gasteiger partial charge in [0.1, 0.15) is 0 Å². The molecule has 0 aliphatic carbocycles. The standard InChI is InChI=1S/C12H21N3O2S/c1-10-15-11(9-18-10)4-6-13-8-12(16)14-5-3-7-17-2/h9,13H,3-8H2,1-2H3,(H,14,16). The number of hydrogen-bond donors (Lipinski definition) is 2. The first-order chi connectivity index (χ1) is 8.72. The minimum atomic E-state index is 0.0283.